The Morgan fingerprint density at radius 2 is 1.15 bits per heavy atom. The van der Waals surface area contributed by atoms with E-state index in [0.29, 0.717) is 11.3 Å². The lowest BCUT2D eigenvalue weighted by Crippen LogP contribution is -2.08. The highest BCUT2D eigenvalue weighted by atomic mass is 16.5. The van der Waals surface area contributed by atoms with Gasteiger partial charge in [-0.05, 0) is 35.9 Å². The normalized spacial score (nSPS) is 9.96. The van der Waals surface area contributed by atoms with E-state index in [0.717, 1.165) is 5.56 Å². The lowest BCUT2D eigenvalue weighted by Gasteiger charge is -2.10. The van der Waals surface area contributed by atoms with Gasteiger partial charge in [0.1, 0.15) is 12.4 Å². The van der Waals surface area contributed by atoms with Crippen LogP contribution in [0.1, 0.15) is 36.6 Å². The summed E-state index contributed by atoms with van der Waals surface area (Å²) >= 11 is 0. The van der Waals surface area contributed by atoms with Crippen molar-refractivity contribution in [1.82, 2.24) is 0 Å². The maximum absolute atomic E-state index is 11.8. The summed E-state index contributed by atoms with van der Waals surface area (Å²) in [7, 11) is 3.81. The van der Waals surface area contributed by atoms with Gasteiger partial charge in [-0.3, -0.25) is 0 Å². The van der Waals surface area contributed by atoms with Crippen LogP contribution in [0.5, 0.6) is 5.75 Å². The molecular formula is C19H18O7. The molecule has 0 saturated carbocycles. The van der Waals surface area contributed by atoms with E-state index in [1.807, 2.05) is 0 Å². The van der Waals surface area contributed by atoms with Gasteiger partial charge < -0.3 is 18.9 Å². The molecule has 0 saturated heterocycles. The molecule has 0 bridgehead atoms. The van der Waals surface area contributed by atoms with Gasteiger partial charge in [-0.2, -0.15) is 0 Å². The molecule has 7 nitrogen and oxygen atoms in total. The van der Waals surface area contributed by atoms with E-state index in [1.54, 1.807) is 24.3 Å². The number of rotatable bonds is 6. The summed E-state index contributed by atoms with van der Waals surface area (Å²) in [5.74, 6) is -1.30. The van der Waals surface area contributed by atoms with Crippen LogP contribution in [0.2, 0.25) is 0 Å². The third-order valence-corrected chi connectivity index (χ3v) is 3.53. The zero-order valence-electron chi connectivity index (χ0n) is 14.6. The lowest BCUT2D eigenvalue weighted by molar-refractivity contribution is 0.0587. The van der Waals surface area contributed by atoms with Gasteiger partial charge >= 0.3 is 17.9 Å². The number of hydrogen-bond donors (Lipinski definition) is 0. The van der Waals surface area contributed by atoms with Crippen molar-refractivity contribution in [2.24, 2.45) is 0 Å². The lowest BCUT2D eigenvalue weighted by atomic mass is 10.1. The molecule has 0 heterocycles. The van der Waals surface area contributed by atoms with Crippen molar-refractivity contribution in [3.8, 4) is 5.75 Å². The average molecular weight is 358 g/mol. The van der Waals surface area contributed by atoms with Crippen molar-refractivity contribution in [3.63, 3.8) is 0 Å². The number of benzene rings is 2. The van der Waals surface area contributed by atoms with Crippen LogP contribution >= 0.6 is 0 Å². The van der Waals surface area contributed by atoms with E-state index >= 15 is 0 Å². The highest BCUT2D eigenvalue weighted by Crippen LogP contribution is 2.20. The van der Waals surface area contributed by atoms with Gasteiger partial charge in [0.05, 0.1) is 38.0 Å². The molecule has 26 heavy (non-hydrogen) atoms. The molecule has 0 spiro atoms. The Labute approximate surface area is 150 Å². The Balaban J connectivity index is 2.18. The predicted octanol–water partition coefficient (Wildman–Crippen LogP) is 2.63. The summed E-state index contributed by atoms with van der Waals surface area (Å²) in [5, 5.41) is 0. The first kappa shape index (κ1) is 19.0. The SMILES string of the molecule is COC(=O)c1ccc(COc2cc(C(=O)OC)cc(C(=O)OC)c2)cc1. The predicted molar refractivity (Wildman–Crippen MR) is 91.2 cm³/mol. The van der Waals surface area contributed by atoms with Gasteiger partial charge in [0, 0.05) is 0 Å². The number of ether oxygens (including phenoxy) is 4. The van der Waals surface area contributed by atoms with E-state index in [2.05, 4.69) is 14.2 Å². The minimum Gasteiger partial charge on any atom is -0.489 e. The molecule has 0 aliphatic heterocycles. The molecule has 0 amide bonds. The van der Waals surface area contributed by atoms with Gasteiger partial charge in [0.15, 0.2) is 0 Å². The number of methoxy groups -OCH3 is 3. The molecule has 0 atom stereocenters. The molecule has 7 heteroatoms. The molecule has 0 aliphatic carbocycles. The molecule has 0 N–H and O–H groups in total. The summed E-state index contributed by atoms with van der Waals surface area (Å²) in [6, 6.07) is 11.0. The Bertz CT molecular complexity index is 775. The van der Waals surface area contributed by atoms with Crippen LogP contribution in [0.4, 0.5) is 0 Å². The minimum atomic E-state index is -0.594. The van der Waals surface area contributed by atoms with E-state index in [4.69, 9.17) is 4.74 Å². The second-order valence-electron chi connectivity index (χ2n) is 5.21. The quantitative estimate of drug-likeness (QED) is 0.579. The summed E-state index contributed by atoms with van der Waals surface area (Å²) in [6.45, 7) is 0.173. The van der Waals surface area contributed by atoms with Crippen molar-refractivity contribution < 1.29 is 33.3 Å². The van der Waals surface area contributed by atoms with Crippen LogP contribution < -0.4 is 4.74 Å². The van der Waals surface area contributed by atoms with Crippen molar-refractivity contribution >= 4 is 17.9 Å². The summed E-state index contributed by atoms with van der Waals surface area (Å²) < 4.78 is 19.7. The molecular weight excluding hydrogens is 340 g/mol. The van der Waals surface area contributed by atoms with Crippen LogP contribution in [0, 0.1) is 0 Å². The standard InChI is InChI=1S/C19H18O7/c1-23-17(20)13-6-4-12(5-7-13)11-26-16-9-14(18(21)24-2)8-15(10-16)19(22)25-3/h4-10H,11H2,1-3H3. The zero-order valence-corrected chi connectivity index (χ0v) is 14.6. The Morgan fingerprint density at radius 3 is 1.62 bits per heavy atom. The number of hydrogen-bond acceptors (Lipinski definition) is 7. The number of esters is 3. The first-order valence-electron chi connectivity index (χ1n) is 7.60. The van der Waals surface area contributed by atoms with Crippen LogP contribution in [0.3, 0.4) is 0 Å². The van der Waals surface area contributed by atoms with Gasteiger partial charge in [0.25, 0.3) is 0 Å². The van der Waals surface area contributed by atoms with Crippen molar-refractivity contribution in [3.05, 3.63) is 64.7 Å². The fourth-order valence-electron chi connectivity index (χ4n) is 2.18. The first-order valence-corrected chi connectivity index (χ1v) is 7.60. The van der Waals surface area contributed by atoms with Crippen molar-refractivity contribution in [2.45, 2.75) is 6.61 Å². The van der Waals surface area contributed by atoms with Crippen LogP contribution in [0.25, 0.3) is 0 Å². The third-order valence-electron chi connectivity index (χ3n) is 3.53. The van der Waals surface area contributed by atoms with Crippen molar-refractivity contribution in [1.29, 1.82) is 0 Å². The average Bonchev–Trinajstić information content (AvgIpc) is 2.70. The van der Waals surface area contributed by atoms with Gasteiger partial charge in [-0.25, -0.2) is 14.4 Å². The van der Waals surface area contributed by atoms with E-state index < -0.39 is 17.9 Å². The minimum absolute atomic E-state index is 0.173. The largest absolute Gasteiger partial charge is 0.489 e. The van der Waals surface area contributed by atoms with Gasteiger partial charge in [0.2, 0.25) is 0 Å². The second kappa shape index (κ2) is 8.66. The fraction of sp³-hybridized carbons (Fsp3) is 0.211. The second-order valence-corrected chi connectivity index (χ2v) is 5.21. The van der Waals surface area contributed by atoms with E-state index in [1.165, 1.54) is 39.5 Å². The monoisotopic (exact) mass is 358 g/mol. The van der Waals surface area contributed by atoms with Crippen molar-refractivity contribution in [2.75, 3.05) is 21.3 Å². The highest BCUT2D eigenvalue weighted by Gasteiger charge is 2.14. The number of carbonyl (C=O) groups is 3. The summed E-state index contributed by atoms with van der Waals surface area (Å²) in [4.78, 5) is 34.9. The van der Waals surface area contributed by atoms with Crippen LogP contribution in [-0.2, 0) is 20.8 Å². The van der Waals surface area contributed by atoms with E-state index in [-0.39, 0.29) is 17.7 Å². The molecule has 0 aliphatic rings. The Hall–Kier alpha value is -3.35. The fourth-order valence-corrected chi connectivity index (χ4v) is 2.18. The number of carbonyl (C=O) groups excluding carboxylic acids is 3. The first-order chi connectivity index (χ1) is 12.5. The molecule has 2 rings (SSSR count). The molecule has 0 radical (unpaired) electrons. The van der Waals surface area contributed by atoms with Crippen LogP contribution in [-0.4, -0.2) is 39.2 Å². The molecule has 0 fully saturated rings. The molecule has 0 unspecified atom stereocenters. The zero-order chi connectivity index (χ0) is 19.1. The Morgan fingerprint density at radius 1 is 0.692 bits per heavy atom. The van der Waals surface area contributed by atoms with Crippen LogP contribution in [0.15, 0.2) is 42.5 Å². The highest BCUT2D eigenvalue weighted by molar-refractivity contribution is 5.96. The molecule has 2 aromatic rings. The van der Waals surface area contributed by atoms with E-state index in [9.17, 15) is 14.4 Å². The summed E-state index contributed by atoms with van der Waals surface area (Å²) in [6.07, 6.45) is 0. The maximum atomic E-state index is 11.8. The van der Waals surface area contributed by atoms with Gasteiger partial charge in [-0.15, -0.1) is 0 Å². The smallest absolute Gasteiger partial charge is 0.338 e. The summed E-state index contributed by atoms with van der Waals surface area (Å²) in [5.41, 5.74) is 1.57. The molecule has 2 aromatic carbocycles. The molecule has 136 valence electrons. The topological polar surface area (TPSA) is 88.1 Å². The maximum Gasteiger partial charge on any atom is 0.338 e. The van der Waals surface area contributed by atoms with Gasteiger partial charge in [-0.1, -0.05) is 12.1 Å². The third kappa shape index (κ3) is 4.60. The Kier molecular flexibility index (Phi) is 6.32. The molecule has 0 aromatic heterocycles.